The van der Waals surface area contributed by atoms with E-state index in [1.807, 2.05) is 0 Å². The molecule has 1 heterocycles. The third-order valence-electron chi connectivity index (χ3n) is 5.37. The number of nitrogens with zero attached hydrogens (tertiary/aromatic N) is 1. The summed E-state index contributed by atoms with van der Waals surface area (Å²) in [5, 5.41) is 3.73. The number of hydrogen-bond donors (Lipinski definition) is 1. The van der Waals surface area contributed by atoms with Crippen molar-refractivity contribution in [1.82, 2.24) is 10.2 Å². The van der Waals surface area contributed by atoms with E-state index in [4.69, 9.17) is 0 Å². The van der Waals surface area contributed by atoms with Gasteiger partial charge < -0.3 is 5.32 Å². The van der Waals surface area contributed by atoms with Crippen LogP contribution >= 0.6 is 0 Å². The van der Waals surface area contributed by atoms with Gasteiger partial charge in [-0.1, -0.05) is 33.1 Å². The molecule has 1 N–H and O–H groups in total. The topological polar surface area (TPSA) is 15.3 Å². The zero-order valence-electron chi connectivity index (χ0n) is 13.5. The summed E-state index contributed by atoms with van der Waals surface area (Å²) in [5.74, 6) is 0.960. The highest BCUT2D eigenvalue weighted by Gasteiger charge is 2.37. The van der Waals surface area contributed by atoms with Crippen LogP contribution in [0.15, 0.2) is 0 Å². The van der Waals surface area contributed by atoms with Crippen molar-refractivity contribution in [2.24, 2.45) is 5.92 Å². The van der Waals surface area contributed by atoms with E-state index in [0.29, 0.717) is 0 Å². The maximum absolute atomic E-state index is 3.73. The van der Waals surface area contributed by atoms with Crippen LogP contribution in [0.25, 0.3) is 0 Å². The Labute approximate surface area is 120 Å². The Hall–Kier alpha value is -0.0800. The van der Waals surface area contributed by atoms with Crippen molar-refractivity contribution in [3.05, 3.63) is 0 Å². The van der Waals surface area contributed by atoms with Crippen LogP contribution in [0, 0.1) is 5.92 Å². The summed E-state index contributed by atoms with van der Waals surface area (Å²) in [6.07, 6.45) is 9.96. The molecule has 1 aliphatic heterocycles. The second kappa shape index (κ2) is 6.58. The summed E-state index contributed by atoms with van der Waals surface area (Å²) >= 11 is 0. The lowest BCUT2D eigenvalue weighted by Crippen LogP contribution is -2.64. The second-order valence-corrected chi connectivity index (χ2v) is 7.37. The Morgan fingerprint density at radius 2 is 1.84 bits per heavy atom. The van der Waals surface area contributed by atoms with Gasteiger partial charge in [-0.25, -0.2) is 0 Å². The van der Waals surface area contributed by atoms with Crippen LogP contribution in [-0.4, -0.2) is 35.6 Å². The zero-order chi connectivity index (χ0) is 13.9. The van der Waals surface area contributed by atoms with Crippen LogP contribution in [0.3, 0.4) is 0 Å². The van der Waals surface area contributed by atoms with Gasteiger partial charge in [0.05, 0.1) is 0 Å². The van der Waals surface area contributed by atoms with Gasteiger partial charge in [-0.05, 0) is 45.4 Å². The molecule has 1 aliphatic carbocycles. The minimum Gasteiger partial charge on any atom is -0.309 e. The summed E-state index contributed by atoms with van der Waals surface area (Å²) in [4.78, 5) is 2.87. The van der Waals surface area contributed by atoms with E-state index in [2.05, 4.69) is 37.9 Å². The van der Waals surface area contributed by atoms with Crippen molar-refractivity contribution in [2.75, 3.05) is 13.1 Å². The fourth-order valence-corrected chi connectivity index (χ4v) is 4.28. The normalized spacial score (nSPS) is 31.3. The van der Waals surface area contributed by atoms with Crippen molar-refractivity contribution in [3.8, 4) is 0 Å². The van der Waals surface area contributed by atoms with Crippen molar-refractivity contribution in [2.45, 2.75) is 90.3 Å². The maximum Gasteiger partial charge on any atom is 0.0253 e. The Balaban J connectivity index is 2.08. The molecule has 2 nitrogen and oxygen atoms in total. The molecule has 0 spiro atoms. The van der Waals surface area contributed by atoms with Crippen LogP contribution in [0.2, 0.25) is 0 Å². The largest absolute Gasteiger partial charge is 0.309 e. The smallest absolute Gasteiger partial charge is 0.0253 e. The molecule has 2 atom stereocenters. The maximum atomic E-state index is 3.73. The molecule has 19 heavy (non-hydrogen) atoms. The van der Waals surface area contributed by atoms with Gasteiger partial charge in [0, 0.05) is 30.7 Å². The Morgan fingerprint density at radius 1 is 1.16 bits per heavy atom. The lowest BCUT2D eigenvalue weighted by atomic mass is 9.80. The SMILES string of the molecule is CCC1CNC(C)(C)CN1C(CC)C1CCCCC1. The molecule has 0 bridgehead atoms. The highest BCUT2D eigenvalue weighted by molar-refractivity contribution is 4.96. The van der Waals surface area contributed by atoms with Crippen molar-refractivity contribution in [1.29, 1.82) is 0 Å². The molecular formula is C17H34N2. The number of hydrogen-bond acceptors (Lipinski definition) is 2. The van der Waals surface area contributed by atoms with Crippen LogP contribution < -0.4 is 5.32 Å². The fraction of sp³-hybridized carbons (Fsp3) is 1.00. The summed E-state index contributed by atoms with van der Waals surface area (Å²) in [6, 6.07) is 1.58. The van der Waals surface area contributed by atoms with E-state index in [-0.39, 0.29) is 5.54 Å². The van der Waals surface area contributed by atoms with Gasteiger partial charge in [0.25, 0.3) is 0 Å². The monoisotopic (exact) mass is 266 g/mol. The molecule has 0 aromatic carbocycles. The third-order valence-corrected chi connectivity index (χ3v) is 5.37. The van der Waals surface area contributed by atoms with E-state index < -0.39 is 0 Å². The molecular weight excluding hydrogens is 232 g/mol. The molecule has 0 aromatic rings. The quantitative estimate of drug-likeness (QED) is 0.832. The van der Waals surface area contributed by atoms with Gasteiger partial charge in [-0.3, -0.25) is 4.90 Å². The van der Waals surface area contributed by atoms with Crippen molar-refractivity contribution < 1.29 is 0 Å². The molecule has 112 valence electrons. The molecule has 2 aliphatic rings. The van der Waals surface area contributed by atoms with Crippen LogP contribution in [0.1, 0.15) is 72.6 Å². The first-order valence-corrected chi connectivity index (χ1v) is 8.58. The van der Waals surface area contributed by atoms with E-state index in [0.717, 1.165) is 18.0 Å². The zero-order valence-corrected chi connectivity index (χ0v) is 13.5. The Bertz CT molecular complexity index is 268. The molecule has 2 rings (SSSR count). The van der Waals surface area contributed by atoms with E-state index in [1.54, 1.807) is 0 Å². The lowest BCUT2D eigenvalue weighted by Gasteiger charge is -2.50. The number of rotatable bonds is 4. The number of nitrogens with one attached hydrogen (secondary N) is 1. The Morgan fingerprint density at radius 3 is 2.42 bits per heavy atom. The van der Waals surface area contributed by atoms with E-state index in [1.165, 1.54) is 58.0 Å². The summed E-state index contributed by atoms with van der Waals surface area (Å²) in [6.45, 7) is 11.9. The molecule has 0 radical (unpaired) electrons. The van der Waals surface area contributed by atoms with Crippen molar-refractivity contribution in [3.63, 3.8) is 0 Å². The van der Waals surface area contributed by atoms with Gasteiger partial charge in [-0.2, -0.15) is 0 Å². The first-order valence-electron chi connectivity index (χ1n) is 8.58. The first kappa shape index (κ1) is 15.3. The molecule has 1 saturated carbocycles. The van der Waals surface area contributed by atoms with Gasteiger partial charge >= 0.3 is 0 Å². The predicted molar refractivity (Wildman–Crippen MR) is 83.5 cm³/mol. The molecule has 0 amide bonds. The van der Waals surface area contributed by atoms with Gasteiger partial charge in [0.15, 0.2) is 0 Å². The summed E-state index contributed by atoms with van der Waals surface area (Å²) in [7, 11) is 0. The average molecular weight is 266 g/mol. The molecule has 2 heteroatoms. The van der Waals surface area contributed by atoms with Crippen LogP contribution in [-0.2, 0) is 0 Å². The number of piperazine rings is 1. The molecule has 2 fully saturated rings. The lowest BCUT2D eigenvalue weighted by molar-refractivity contribution is 0.0163. The fourth-order valence-electron chi connectivity index (χ4n) is 4.28. The van der Waals surface area contributed by atoms with E-state index >= 15 is 0 Å². The molecule has 2 unspecified atom stereocenters. The third kappa shape index (κ3) is 3.72. The standard InChI is InChI=1S/C17H34N2/c1-5-15-12-18-17(3,4)13-19(15)16(6-2)14-10-8-7-9-11-14/h14-16,18H,5-13H2,1-4H3. The minimum atomic E-state index is 0.285. The summed E-state index contributed by atoms with van der Waals surface area (Å²) < 4.78 is 0. The molecule has 0 aromatic heterocycles. The van der Waals surface area contributed by atoms with Gasteiger partial charge in [-0.15, -0.1) is 0 Å². The predicted octanol–water partition coefficient (Wildman–Crippen LogP) is 3.81. The Kier molecular flexibility index (Phi) is 5.30. The first-order chi connectivity index (χ1) is 9.07. The van der Waals surface area contributed by atoms with Gasteiger partial charge in [0.2, 0.25) is 0 Å². The van der Waals surface area contributed by atoms with Crippen LogP contribution in [0.5, 0.6) is 0 Å². The summed E-state index contributed by atoms with van der Waals surface area (Å²) in [5.41, 5.74) is 0.285. The van der Waals surface area contributed by atoms with Crippen LogP contribution in [0.4, 0.5) is 0 Å². The minimum absolute atomic E-state index is 0.285. The van der Waals surface area contributed by atoms with Gasteiger partial charge in [0.1, 0.15) is 0 Å². The average Bonchev–Trinajstić information content (AvgIpc) is 2.40. The van der Waals surface area contributed by atoms with Crippen molar-refractivity contribution >= 4 is 0 Å². The molecule has 1 saturated heterocycles. The highest BCUT2D eigenvalue weighted by atomic mass is 15.3. The second-order valence-electron chi connectivity index (χ2n) is 7.37. The highest BCUT2D eigenvalue weighted by Crippen LogP contribution is 2.33. The van der Waals surface area contributed by atoms with E-state index in [9.17, 15) is 0 Å².